The van der Waals surface area contributed by atoms with Crippen LogP contribution in [0.3, 0.4) is 0 Å². The molecule has 1 aliphatic heterocycles. The first-order valence-electron chi connectivity index (χ1n) is 9.78. The van der Waals surface area contributed by atoms with E-state index < -0.39 is 5.91 Å². The minimum Gasteiger partial charge on any atom is -0.378 e. The molecule has 3 aromatic rings. The van der Waals surface area contributed by atoms with Gasteiger partial charge < -0.3 is 15.0 Å². The molecule has 4 rings (SSSR count). The molecule has 2 aromatic carbocycles. The maximum absolute atomic E-state index is 13.4. The number of benzene rings is 2. The van der Waals surface area contributed by atoms with E-state index in [-0.39, 0.29) is 10.9 Å². The highest BCUT2D eigenvalue weighted by atomic mass is 35.5. The number of anilines is 1. The van der Waals surface area contributed by atoms with Crippen LogP contribution in [0.25, 0.3) is 10.4 Å². The second kappa shape index (κ2) is 9.40. The molecule has 5 nitrogen and oxygen atoms in total. The Kier molecular flexibility index (Phi) is 6.62. The number of morpholine rings is 1. The monoisotopic (exact) mass is 474 g/mol. The number of hydrogen-bond donors (Lipinski definition) is 1. The summed E-state index contributed by atoms with van der Waals surface area (Å²) in [7, 11) is 0. The molecule has 160 valence electrons. The highest BCUT2D eigenvalue weighted by molar-refractivity contribution is 7.20. The van der Waals surface area contributed by atoms with Crippen LogP contribution in [0.1, 0.15) is 26.3 Å². The average molecular weight is 475 g/mol. The summed E-state index contributed by atoms with van der Waals surface area (Å²) >= 11 is 13.6. The molecule has 1 N–H and O–H groups in total. The van der Waals surface area contributed by atoms with E-state index in [9.17, 15) is 9.59 Å². The van der Waals surface area contributed by atoms with Gasteiger partial charge in [0.2, 0.25) is 0 Å². The molecule has 0 atom stereocenters. The van der Waals surface area contributed by atoms with E-state index in [1.165, 1.54) is 17.4 Å². The van der Waals surface area contributed by atoms with Gasteiger partial charge in [-0.15, -0.1) is 11.3 Å². The fraction of sp³-hybridized carbons (Fsp3) is 0.217. The normalized spacial score (nSPS) is 13.8. The number of nitrogens with zero attached hydrogens (tertiary/aromatic N) is 1. The van der Waals surface area contributed by atoms with Crippen molar-refractivity contribution >= 4 is 51.4 Å². The molecular weight excluding hydrogens is 455 g/mol. The van der Waals surface area contributed by atoms with E-state index in [1.807, 2.05) is 37.3 Å². The predicted octanol–water partition coefficient (Wildman–Crippen LogP) is 5.76. The first-order chi connectivity index (χ1) is 15.0. The van der Waals surface area contributed by atoms with Gasteiger partial charge >= 0.3 is 0 Å². The third kappa shape index (κ3) is 4.62. The van der Waals surface area contributed by atoms with Gasteiger partial charge in [-0.3, -0.25) is 9.59 Å². The van der Waals surface area contributed by atoms with E-state index in [0.717, 1.165) is 16.0 Å². The largest absolute Gasteiger partial charge is 0.378 e. The lowest BCUT2D eigenvalue weighted by Crippen LogP contribution is -2.41. The van der Waals surface area contributed by atoms with Crippen LogP contribution in [-0.2, 0) is 4.74 Å². The number of carbonyl (C=O) groups is 2. The third-order valence-corrected chi connectivity index (χ3v) is 6.90. The number of thiophene rings is 1. The van der Waals surface area contributed by atoms with Crippen molar-refractivity contribution in [2.45, 2.75) is 6.92 Å². The lowest BCUT2D eigenvalue weighted by molar-refractivity contribution is 0.0303. The van der Waals surface area contributed by atoms with Crippen molar-refractivity contribution in [3.8, 4) is 10.4 Å². The fourth-order valence-corrected chi connectivity index (χ4v) is 5.19. The van der Waals surface area contributed by atoms with Gasteiger partial charge in [0, 0.05) is 23.0 Å². The number of hydrogen-bond acceptors (Lipinski definition) is 4. The average Bonchev–Trinajstić information content (AvgIpc) is 3.10. The van der Waals surface area contributed by atoms with Gasteiger partial charge in [0.15, 0.2) is 0 Å². The van der Waals surface area contributed by atoms with Crippen LogP contribution in [-0.4, -0.2) is 43.0 Å². The molecule has 31 heavy (non-hydrogen) atoms. The molecule has 2 amide bonds. The van der Waals surface area contributed by atoms with Gasteiger partial charge in [-0.2, -0.15) is 0 Å². The van der Waals surface area contributed by atoms with E-state index in [1.54, 1.807) is 17.0 Å². The van der Waals surface area contributed by atoms with Crippen LogP contribution in [0.15, 0.2) is 48.5 Å². The van der Waals surface area contributed by atoms with Gasteiger partial charge in [0.25, 0.3) is 11.8 Å². The van der Waals surface area contributed by atoms with Crippen LogP contribution in [0.5, 0.6) is 0 Å². The Hall–Kier alpha value is -2.38. The molecule has 1 fully saturated rings. The van der Waals surface area contributed by atoms with Gasteiger partial charge in [0.1, 0.15) is 5.00 Å². The third-order valence-electron chi connectivity index (χ3n) is 5.10. The minimum absolute atomic E-state index is 0.114. The Morgan fingerprint density at radius 1 is 1.06 bits per heavy atom. The quantitative estimate of drug-likeness (QED) is 0.523. The number of ether oxygens (including phenoxy) is 1. The zero-order valence-corrected chi connectivity index (χ0v) is 19.1. The molecule has 0 aliphatic carbocycles. The summed E-state index contributed by atoms with van der Waals surface area (Å²) in [5.41, 5.74) is 2.63. The zero-order chi connectivity index (χ0) is 22.0. The Bertz CT molecular complexity index is 1130. The first-order valence-corrected chi connectivity index (χ1v) is 11.3. The Labute approximate surface area is 194 Å². The predicted molar refractivity (Wildman–Crippen MR) is 126 cm³/mol. The second-order valence-electron chi connectivity index (χ2n) is 7.11. The number of halogens is 2. The Morgan fingerprint density at radius 2 is 1.77 bits per heavy atom. The smallest absolute Gasteiger partial charge is 0.257 e. The molecule has 1 aliphatic rings. The van der Waals surface area contributed by atoms with Gasteiger partial charge in [-0.25, -0.2) is 0 Å². The molecule has 1 aromatic heterocycles. The van der Waals surface area contributed by atoms with Crippen molar-refractivity contribution in [1.29, 1.82) is 0 Å². The van der Waals surface area contributed by atoms with Crippen molar-refractivity contribution in [2.75, 3.05) is 31.6 Å². The maximum Gasteiger partial charge on any atom is 0.257 e. The molecule has 2 heterocycles. The standard InChI is InChI=1S/C23H20Cl2N2O3S/c1-14-19(23(29)27-9-11-30-12-10-27)22(31-20(14)15-5-3-2-4-6-15)26-21(28)17-8-7-16(24)13-18(17)25/h2-8,13H,9-12H2,1H3,(H,26,28). The highest BCUT2D eigenvalue weighted by Gasteiger charge is 2.28. The molecule has 0 unspecified atom stereocenters. The van der Waals surface area contributed by atoms with Crippen molar-refractivity contribution < 1.29 is 14.3 Å². The van der Waals surface area contributed by atoms with Crippen molar-refractivity contribution in [3.05, 3.63) is 75.3 Å². The van der Waals surface area contributed by atoms with E-state index >= 15 is 0 Å². The fourth-order valence-electron chi connectivity index (χ4n) is 3.49. The van der Waals surface area contributed by atoms with E-state index in [2.05, 4.69) is 5.32 Å². The number of rotatable bonds is 4. The highest BCUT2D eigenvalue weighted by Crippen LogP contribution is 2.41. The van der Waals surface area contributed by atoms with Crippen molar-refractivity contribution in [1.82, 2.24) is 4.90 Å². The lowest BCUT2D eigenvalue weighted by atomic mass is 10.1. The first kappa shape index (κ1) is 21.8. The number of nitrogens with one attached hydrogen (secondary N) is 1. The van der Waals surface area contributed by atoms with Gasteiger partial charge in [-0.1, -0.05) is 53.5 Å². The number of amides is 2. The van der Waals surface area contributed by atoms with Crippen LogP contribution in [0.4, 0.5) is 5.00 Å². The topological polar surface area (TPSA) is 58.6 Å². The molecular formula is C23H20Cl2N2O3S. The molecule has 0 spiro atoms. The summed E-state index contributed by atoms with van der Waals surface area (Å²) in [6, 6.07) is 14.5. The molecule has 0 saturated carbocycles. The van der Waals surface area contributed by atoms with Crippen LogP contribution in [0, 0.1) is 6.92 Å². The van der Waals surface area contributed by atoms with Crippen molar-refractivity contribution in [2.24, 2.45) is 0 Å². The molecule has 1 saturated heterocycles. The van der Waals surface area contributed by atoms with Crippen molar-refractivity contribution in [3.63, 3.8) is 0 Å². The second-order valence-corrected chi connectivity index (χ2v) is 8.97. The summed E-state index contributed by atoms with van der Waals surface area (Å²) in [6.07, 6.45) is 0. The summed E-state index contributed by atoms with van der Waals surface area (Å²) in [4.78, 5) is 29.1. The zero-order valence-electron chi connectivity index (χ0n) is 16.8. The summed E-state index contributed by atoms with van der Waals surface area (Å²) in [6.45, 7) is 3.96. The number of carbonyl (C=O) groups excluding carboxylic acids is 2. The van der Waals surface area contributed by atoms with E-state index in [4.69, 9.17) is 27.9 Å². The van der Waals surface area contributed by atoms with Gasteiger partial charge in [-0.05, 0) is 36.2 Å². The Morgan fingerprint density at radius 3 is 2.45 bits per heavy atom. The van der Waals surface area contributed by atoms with E-state index in [0.29, 0.717) is 47.5 Å². The summed E-state index contributed by atoms with van der Waals surface area (Å²) < 4.78 is 5.38. The molecule has 8 heteroatoms. The lowest BCUT2D eigenvalue weighted by Gasteiger charge is -2.27. The Balaban J connectivity index is 1.74. The minimum atomic E-state index is -0.390. The SMILES string of the molecule is Cc1c(-c2ccccc2)sc(NC(=O)c2ccc(Cl)cc2Cl)c1C(=O)N1CCOCC1. The van der Waals surface area contributed by atoms with Crippen LogP contribution < -0.4 is 5.32 Å². The molecule has 0 radical (unpaired) electrons. The van der Waals surface area contributed by atoms with Crippen LogP contribution >= 0.6 is 34.5 Å². The summed E-state index contributed by atoms with van der Waals surface area (Å²) in [5.74, 6) is -0.504. The van der Waals surface area contributed by atoms with Gasteiger partial charge in [0.05, 0.1) is 29.4 Å². The maximum atomic E-state index is 13.4. The molecule has 0 bridgehead atoms. The van der Waals surface area contributed by atoms with Crippen LogP contribution in [0.2, 0.25) is 10.0 Å². The summed E-state index contributed by atoms with van der Waals surface area (Å²) in [5, 5.41) is 4.11.